The summed E-state index contributed by atoms with van der Waals surface area (Å²) in [4.78, 5) is 45.9. The molecule has 1 amide bonds. The molecule has 1 unspecified atom stereocenters. The van der Waals surface area contributed by atoms with Crippen LogP contribution in [0.3, 0.4) is 0 Å². The molecule has 0 aromatic carbocycles. The number of hydrogen-bond donors (Lipinski definition) is 4. The topological polar surface area (TPSA) is 206 Å². The number of hydrogen-bond acceptors (Lipinski definition) is 10. The molecule has 0 spiro atoms. The minimum absolute atomic E-state index is 0. The van der Waals surface area contributed by atoms with E-state index in [2.05, 4.69) is 20.3 Å². The molecule has 0 aliphatic carbocycles. The molecule has 2 aromatic heterocycles. The van der Waals surface area contributed by atoms with Crippen molar-refractivity contribution in [3.05, 3.63) is 16.7 Å². The van der Waals surface area contributed by atoms with Crippen LogP contribution < -0.4 is 21.9 Å². The van der Waals surface area contributed by atoms with E-state index in [0.717, 1.165) is 0 Å². The Kier molecular flexibility index (Phi) is 7.16. The summed E-state index contributed by atoms with van der Waals surface area (Å²) in [5.41, 5.74) is -0.385. The highest BCUT2D eigenvalue weighted by Gasteiger charge is 2.47. The summed E-state index contributed by atoms with van der Waals surface area (Å²) < 4.78 is 23.0. The molecule has 0 bridgehead atoms. The Morgan fingerprint density at radius 1 is 1.55 bits per heavy atom. The first kappa shape index (κ1) is 23.0. The average molecular weight is 430 g/mol. The highest BCUT2D eigenvalue weighted by molar-refractivity contribution is 7.30. The number of fused-ring (bicyclic) bond motifs is 1. The zero-order chi connectivity index (χ0) is 20.6. The van der Waals surface area contributed by atoms with E-state index in [0.29, 0.717) is 0 Å². The summed E-state index contributed by atoms with van der Waals surface area (Å²) in [6, 6.07) is 0. The number of aromatic nitrogens is 4. The lowest BCUT2D eigenvalue weighted by Gasteiger charge is -2.17. The summed E-state index contributed by atoms with van der Waals surface area (Å²) in [6.07, 6.45) is -1.25. The molecule has 1 fully saturated rings. The molecule has 29 heavy (non-hydrogen) atoms. The van der Waals surface area contributed by atoms with Gasteiger partial charge < -0.3 is 20.9 Å². The first-order chi connectivity index (χ1) is 13.2. The molecule has 5 atom stereocenters. The van der Waals surface area contributed by atoms with E-state index in [1.54, 1.807) is 20.8 Å². The second kappa shape index (κ2) is 9.03. The molecule has 0 saturated carbocycles. The Labute approximate surface area is 166 Å². The van der Waals surface area contributed by atoms with Gasteiger partial charge in [-0.25, -0.2) is 4.98 Å². The maximum Gasteiger partial charge on any atom is 0.488 e. The lowest BCUT2D eigenvalue weighted by atomic mass is 10.0. The van der Waals surface area contributed by atoms with Crippen LogP contribution in [0.25, 0.3) is 11.2 Å². The number of imidazole rings is 1. The third kappa shape index (κ3) is 4.50. The predicted octanol–water partition coefficient (Wildman–Crippen LogP) is -0.195. The third-order valence-corrected chi connectivity index (χ3v) is 4.92. The van der Waals surface area contributed by atoms with Crippen molar-refractivity contribution in [1.82, 2.24) is 25.7 Å². The van der Waals surface area contributed by atoms with E-state index in [4.69, 9.17) is 9.26 Å². The molecule has 1 aliphatic rings. The van der Waals surface area contributed by atoms with Crippen molar-refractivity contribution in [2.24, 2.45) is 11.8 Å². The Bertz CT molecular complexity index is 960. The number of rotatable bonds is 6. The highest BCUT2D eigenvalue weighted by atomic mass is 31.1. The summed E-state index contributed by atoms with van der Waals surface area (Å²) in [5, 5.41) is 12.0. The van der Waals surface area contributed by atoms with E-state index in [9.17, 15) is 24.2 Å². The van der Waals surface area contributed by atoms with Gasteiger partial charge in [-0.15, -0.1) is 4.52 Å². The van der Waals surface area contributed by atoms with Gasteiger partial charge in [-0.05, 0) is 4.57 Å². The largest absolute Gasteiger partial charge is 0.566 e. The van der Waals surface area contributed by atoms with Crippen LogP contribution in [0, 0.1) is 11.8 Å². The number of carbonyl (C=O) groups excluding carboxylic acids is 1. The Morgan fingerprint density at radius 2 is 2.24 bits per heavy atom. The Hall–Kier alpha value is -2.28. The van der Waals surface area contributed by atoms with E-state index >= 15 is 0 Å². The summed E-state index contributed by atoms with van der Waals surface area (Å²) in [5.74, 6) is -1.19. The second-order valence-corrected chi connectivity index (χ2v) is 7.44. The second-order valence-electron chi connectivity index (χ2n) is 6.78. The number of aliphatic hydroxyl groups excluding tert-OH is 1. The van der Waals surface area contributed by atoms with Gasteiger partial charge in [0, 0.05) is 11.8 Å². The Morgan fingerprint density at radius 3 is 2.83 bits per heavy atom. The van der Waals surface area contributed by atoms with Crippen molar-refractivity contribution >= 4 is 31.3 Å². The average Bonchev–Trinajstić information content (AvgIpc) is 3.16. The van der Waals surface area contributed by atoms with E-state index in [1.807, 2.05) is 0 Å². The molecular formula is C15H23N6O7P. The van der Waals surface area contributed by atoms with E-state index < -0.39 is 44.8 Å². The fraction of sp³-hybridized carbons (Fsp3) is 0.600. The van der Waals surface area contributed by atoms with Crippen LogP contribution in [0.5, 0.6) is 0 Å². The van der Waals surface area contributed by atoms with Crippen molar-refractivity contribution < 1.29 is 28.6 Å². The molecule has 0 radical (unpaired) electrons. The van der Waals surface area contributed by atoms with Crippen LogP contribution in [0.1, 0.15) is 27.0 Å². The fourth-order valence-corrected chi connectivity index (χ4v) is 3.57. The van der Waals surface area contributed by atoms with Crippen molar-refractivity contribution in [3.63, 3.8) is 0 Å². The minimum Gasteiger partial charge on any atom is -0.566 e. The summed E-state index contributed by atoms with van der Waals surface area (Å²) >= 11 is 0. The quantitative estimate of drug-likeness (QED) is 0.444. The number of aromatic amines is 1. The van der Waals surface area contributed by atoms with Gasteiger partial charge >= 0.3 is 8.25 Å². The number of carbonyl (C=O) groups is 1. The molecular weight excluding hydrogens is 407 g/mol. The molecule has 3 heterocycles. The van der Waals surface area contributed by atoms with Gasteiger partial charge in [0.15, 0.2) is 11.2 Å². The van der Waals surface area contributed by atoms with Crippen molar-refractivity contribution in [3.8, 4) is 0 Å². The number of anilines is 1. The zero-order valence-corrected chi connectivity index (χ0v) is 17.0. The van der Waals surface area contributed by atoms with Gasteiger partial charge in [0.25, 0.3) is 5.56 Å². The lowest BCUT2D eigenvalue weighted by molar-refractivity contribution is -0.192. The van der Waals surface area contributed by atoms with Gasteiger partial charge in [0.2, 0.25) is 11.9 Å². The normalized spacial score (nSPS) is 24.6. The number of aliphatic hydroxyl groups is 1. The maximum atomic E-state index is 12.3. The van der Waals surface area contributed by atoms with Gasteiger partial charge in [-0.2, -0.15) is 4.98 Å². The summed E-state index contributed by atoms with van der Waals surface area (Å²) in [7, 11) is -3.14. The molecule has 3 rings (SSSR count). The monoisotopic (exact) mass is 430 g/mol. The molecule has 13 nitrogen and oxygen atoms in total. The fourth-order valence-electron chi connectivity index (χ4n) is 3.04. The van der Waals surface area contributed by atoms with Gasteiger partial charge in [0.05, 0.1) is 12.9 Å². The van der Waals surface area contributed by atoms with E-state index in [-0.39, 0.29) is 35.1 Å². The molecule has 160 valence electrons. The number of nitrogens with zero attached hydrogens (tertiary/aromatic N) is 3. The van der Waals surface area contributed by atoms with Gasteiger partial charge in [-0.1, -0.05) is 20.8 Å². The Balaban J connectivity index is 0.00000300. The summed E-state index contributed by atoms with van der Waals surface area (Å²) in [6.45, 7) is 4.62. The number of H-pyrrole nitrogens is 1. The van der Waals surface area contributed by atoms with Crippen LogP contribution in [0.2, 0.25) is 0 Å². The molecule has 1 aliphatic heterocycles. The molecule has 2 aromatic rings. The minimum atomic E-state index is -3.14. The van der Waals surface area contributed by atoms with Gasteiger partial charge in [0.1, 0.15) is 18.4 Å². The lowest BCUT2D eigenvalue weighted by Crippen LogP contribution is -2.30. The van der Waals surface area contributed by atoms with Crippen molar-refractivity contribution in [1.29, 1.82) is 0 Å². The number of amides is 1. The number of nitrogens with one attached hydrogen (secondary N) is 2. The van der Waals surface area contributed by atoms with Crippen molar-refractivity contribution in [2.45, 2.75) is 39.2 Å². The first-order valence-electron chi connectivity index (χ1n) is 8.58. The van der Waals surface area contributed by atoms with E-state index in [1.165, 1.54) is 10.9 Å². The molecule has 1 saturated heterocycles. The van der Waals surface area contributed by atoms with Crippen LogP contribution in [-0.2, 0) is 18.6 Å². The van der Waals surface area contributed by atoms with Crippen LogP contribution >= 0.6 is 8.25 Å². The van der Waals surface area contributed by atoms with Gasteiger partial charge in [-0.3, -0.25) is 24.5 Å². The third-order valence-electron chi connectivity index (χ3n) is 4.51. The first-order valence-corrected chi connectivity index (χ1v) is 9.67. The predicted molar refractivity (Wildman–Crippen MR) is 99.3 cm³/mol. The molecule has 14 heteroatoms. The molecule has 6 N–H and O–H groups in total. The van der Waals surface area contributed by atoms with Crippen LogP contribution in [-0.4, -0.2) is 49.3 Å². The van der Waals surface area contributed by atoms with Crippen molar-refractivity contribution in [2.75, 3.05) is 11.9 Å². The standard InChI is InChI=1S/C15H20N5O7P.H3N/c1-6(2)12(22)18-15-17-11-9(13(23)19-15)16-5-20(11)14-7(3)10(27-28(24)25)8(4-21)26-14;/h5-8,10,14,21H,4H2,1-3H3,(H2,17,18,19,22,23);1H3/t7-,8-,10+,14-;/m1./s1. The van der Waals surface area contributed by atoms with Crippen LogP contribution in [0.4, 0.5) is 5.95 Å². The van der Waals surface area contributed by atoms with Crippen LogP contribution in [0.15, 0.2) is 11.1 Å². The zero-order valence-electron chi connectivity index (χ0n) is 16.1. The highest BCUT2D eigenvalue weighted by Crippen LogP contribution is 2.39. The SMILES string of the molecule is CC(C)C(=O)Nc1nc2c(ncn2[C@@H]2O[C@H](CO)[C@@H](O[P+](=O)[O-])[C@H]2C)c(=O)[nH]1.N. The number of ether oxygens (including phenoxy) is 1. The smallest absolute Gasteiger partial charge is 0.488 e. The maximum absolute atomic E-state index is 12.3.